The van der Waals surface area contributed by atoms with Crippen LogP contribution in [0.5, 0.6) is 0 Å². The highest BCUT2D eigenvalue weighted by molar-refractivity contribution is 7.14. The van der Waals surface area contributed by atoms with Gasteiger partial charge in [0.15, 0.2) is 6.61 Å². The third-order valence-electron chi connectivity index (χ3n) is 2.35. The number of thiophene rings is 1. The van der Waals surface area contributed by atoms with Gasteiger partial charge in [-0.05, 0) is 30.9 Å². The lowest BCUT2D eigenvalue weighted by Gasteiger charge is -2.01. The van der Waals surface area contributed by atoms with Crippen LogP contribution in [0.25, 0.3) is 0 Å². The van der Waals surface area contributed by atoms with Gasteiger partial charge in [-0.25, -0.2) is 5.48 Å². The molecule has 0 spiro atoms. The molecule has 1 aliphatic carbocycles. The van der Waals surface area contributed by atoms with Crippen molar-refractivity contribution in [1.29, 1.82) is 0 Å². The number of hydroxylamine groups is 1. The van der Waals surface area contributed by atoms with E-state index in [1.165, 1.54) is 28.2 Å². The van der Waals surface area contributed by atoms with Gasteiger partial charge in [0.05, 0.1) is 4.88 Å². The molecule has 16 heavy (non-hydrogen) atoms. The standard InChI is InChI=1S/C10H12N2O3S/c11-9(13)5-15-12-10(14)8-4-6-2-1-3-7(6)16-8/h4H,1-3,5H2,(H2,11,13)(H,12,14). The molecule has 0 saturated carbocycles. The number of fused-ring (bicyclic) bond motifs is 1. The molecule has 0 aromatic carbocycles. The van der Waals surface area contributed by atoms with Crippen molar-refractivity contribution >= 4 is 23.2 Å². The van der Waals surface area contributed by atoms with Crippen LogP contribution in [0.2, 0.25) is 0 Å². The second kappa shape index (κ2) is 4.63. The molecule has 0 fully saturated rings. The lowest BCUT2D eigenvalue weighted by molar-refractivity contribution is -0.124. The first kappa shape index (κ1) is 11.1. The van der Waals surface area contributed by atoms with Crippen LogP contribution in [0.3, 0.4) is 0 Å². The summed E-state index contributed by atoms with van der Waals surface area (Å²) >= 11 is 1.48. The maximum absolute atomic E-state index is 11.6. The van der Waals surface area contributed by atoms with E-state index in [9.17, 15) is 9.59 Å². The molecule has 3 N–H and O–H groups in total. The van der Waals surface area contributed by atoms with E-state index in [2.05, 4.69) is 10.3 Å². The van der Waals surface area contributed by atoms with Crippen molar-refractivity contribution in [3.63, 3.8) is 0 Å². The van der Waals surface area contributed by atoms with Crippen LogP contribution in [-0.4, -0.2) is 18.4 Å². The Bertz CT molecular complexity index is 406. The smallest absolute Gasteiger partial charge is 0.284 e. The Hall–Kier alpha value is -1.40. The van der Waals surface area contributed by atoms with Gasteiger partial charge < -0.3 is 5.73 Å². The first-order valence-electron chi connectivity index (χ1n) is 4.99. The molecule has 0 unspecified atom stereocenters. The molecule has 1 aliphatic rings. The summed E-state index contributed by atoms with van der Waals surface area (Å²) in [7, 11) is 0. The number of nitrogens with one attached hydrogen (secondary N) is 1. The Morgan fingerprint density at radius 1 is 1.50 bits per heavy atom. The number of hydrogen-bond acceptors (Lipinski definition) is 4. The van der Waals surface area contributed by atoms with Crippen LogP contribution < -0.4 is 11.2 Å². The fourth-order valence-electron chi connectivity index (χ4n) is 1.66. The molecule has 0 radical (unpaired) electrons. The van der Waals surface area contributed by atoms with Gasteiger partial charge in [0.1, 0.15) is 0 Å². The molecular formula is C10H12N2O3S. The first-order chi connectivity index (χ1) is 7.66. The van der Waals surface area contributed by atoms with E-state index in [0.29, 0.717) is 4.88 Å². The van der Waals surface area contributed by atoms with Crippen molar-refractivity contribution in [2.45, 2.75) is 19.3 Å². The fraction of sp³-hybridized carbons (Fsp3) is 0.400. The lowest BCUT2D eigenvalue weighted by Crippen LogP contribution is -2.28. The van der Waals surface area contributed by atoms with E-state index < -0.39 is 5.91 Å². The average Bonchev–Trinajstić information content (AvgIpc) is 2.75. The van der Waals surface area contributed by atoms with Crippen molar-refractivity contribution < 1.29 is 14.4 Å². The average molecular weight is 240 g/mol. The normalized spacial score (nSPS) is 13.5. The van der Waals surface area contributed by atoms with Crippen LogP contribution >= 0.6 is 11.3 Å². The minimum absolute atomic E-state index is 0.309. The number of rotatable bonds is 4. The van der Waals surface area contributed by atoms with Crippen molar-refractivity contribution in [3.8, 4) is 0 Å². The number of nitrogens with two attached hydrogens (primary N) is 1. The van der Waals surface area contributed by atoms with Crippen LogP contribution in [0.1, 0.15) is 26.5 Å². The van der Waals surface area contributed by atoms with Crippen LogP contribution in [-0.2, 0) is 22.5 Å². The summed E-state index contributed by atoms with van der Waals surface area (Å²) in [6.45, 7) is -0.309. The summed E-state index contributed by atoms with van der Waals surface area (Å²) in [6, 6.07) is 1.88. The zero-order valence-corrected chi connectivity index (χ0v) is 9.43. The highest BCUT2D eigenvalue weighted by Crippen LogP contribution is 2.30. The van der Waals surface area contributed by atoms with Gasteiger partial charge in [-0.15, -0.1) is 11.3 Å². The summed E-state index contributed by atoms with van der Waals surface area (Å²) in [5, 5.41) is 0. The molecule has 0 bridgehead atoms. The van der Waals surface area contributed by atoms with Gasteiger partial charge in [0, 0.05) is 4.88 Å². The Morgan fingerprint density at radius 2 is 2.31 bits per heavy atom. The van der Waals surface area contributed by atoms with E-state index in [4.69, 9.17) is 5.73 Å². The van der Waals surface area contributed by atoms with E-state index in [0.717, 1.165) is 12.8 Å². The molecule has 1 aromatic heterocycles. The fourth-order valence-corrected chi connectivity index (χ4v) is 2.80. The zero-order chi connectivity index (χ0) is 11.5. The van der Waals surface area contributed by atoms with Crippen molar-refractivity contribution in [1.82, 2.24) is 5.48 Å². The molecule has 86 valence electrons. The molecule has 0 atom stereocenters. The van der Waals surface area contributed by atoms with Crippen molar-refractivity contribution in [3.05, 3.63) is 21.4 Å². The number of amides is 2. The topological polar surface area (TPSA) is 81.4 Å². The molecule has 5 nitrogen and oxygen atoms in total. The summed E-state index contributed by atoms with van der Waals surface area (Å²) < 4.78 is 0. The minimum atomic E-state index is -0.617. The van der Waals surface area contributed by atoms with Gasteiger partial charge in [-0.3, -0.25) is 14.4 Å². The molecule has 2 amide bonds. The number of carbonyl (C=O) groups excluding carboxylic acids is 2. The molecule has 6 heteroatoms. The second-order valence-electron chi connectivity index (χ2n) is 3.60. The Kier molecular flexibility index (Phi) is 3.21. The molecule has 0 saturated heterocycles. The van der Waals surface area contributed by atoms with Crippen molar-refractivity contribution in [2.75, 3.05) is 6.61 Å². The van der Waals surface area contributed by atoms with Crippen LogP contribution in [0.15, 0.2) is 6.07 Å². The number of carbonyl (C=O) groups is 2. The lowest BCUT2D eigenvalue weighted by atomic mass is 10.2. The predicted molar refractivity (Wildman–Crippen MR) is 59.0 cm³/mol. The van der Waals surface area contributed by atoms with Crippen LogP contribution in [0.4, 0.5) is 0 Å². The largest absolute Gasteiger partial charge is 0.368 e. The maximum atomic E-state index is 11.6. The number of primary amides is 1. The first-order valence-corrected chi connectivity index (χ1v) is 5.80. The van der Waals surface area contributed by atoms with Gasteiger partial charge in [0.25, 0.3) is 5.91 Å². The third kappa shape index (κ3) is 2.40. The maximum Gasteiger partial charge on any atom is 0.284 e. The predicted octanol–water partition coefficient (Wildman–Crippen LogP) is 0.384. The van der Waals surface area contributed by atoms with E-state index in [1.54, 1.807) is 0 Å². The third-order valence-corrected chi connectivity index (χ3v) is 3.59. The van der Waals surface area contributed by atoms with E-state index in [-0.39, 0.29) is 12.5 Å². The summed E-state index contributed by atoms with van der Waals surface area (Å²) in [4.78, 5) is 28.5. The van der Waals surface area contributed by atoms with Gasteiger partial charge >= 0.3 is 0 Å². The van der Waals surface area contributed by atoms with Crippen LogP contribution in [0, 0.1) is 0 Å². The van der Waals surface area contributed by atoms with Gasteiger partial charge in [0.2, 0.25) is 5.91 Å². The Balaban J connectivity index is 1.91. The van der Waals surface area contributed by atoms with Gasteiger partial charge in [-0.2, -0.15) is 0 Å². The highest BCUT2D eigenvalue weighted by atomic mass is 32.1. The second-order valence-corrected chi connectivity index (χ2v) is 4.74. The monoisotopic (exact) mass is 240 g/mol. The summed E-state index contributed by atoms with van der Waals surface area (Å²) in [5.41, 5.74) is 8.31. The molecule has 1 heterocycles. The van der Waals surface area contributed by atoms with Gasteiger partial charge in [-0.1, -0.05) is 0 Å². The molecule has 0 aliphatic heterocycles. The number of aryl methyl sites for hydroxylation is 2. The molecular weight excluding hydrogens is 228 g/mol. The molecule has 2 rings (SSSR count). The quantitative estimate of drug-likeness (QED) is 0.747. The van der Waals surface area contributed by atoms with Crippen molar-refractivity contribution in [2.24, 2.45) is 5.73 Å². The summed E-state index contributed by atoms with van der Waals surface area (Å²) in [6.07, 6.45) is 3.26. The zero-order valence-electron chi connectivity index (χ0n) is 8.62. The highest BCUT2D eigenvalue weighted by Gasteiger charge is 2.18. The Morgan fingerprint density at radius 3 is 3.00 bits per heavy atom. The number of hydrogen-bond donors (Lipinski definition) is 2. The minimum Gasteiger partial charge on any atom is -0.368 e. The van der Waals surface area contributed by atoms with E-state index >= 15 is 0 Å². The van der Waals surface area contributed by atoms with E-state index in [1.807, 2.05) is 6.07 Å². The summed E-state index contributed by atoms with van der Waals surface area (Å²) in [5.74, 6) is -0.936. The molecule has 1 aromatic rings. The Labute approximate surface area is 96.5 Å². The SMILES string of the molecule is NC(=O)CONC(=O)c1cc2c(s1)CCC2.